The number of rotatable bonds is 8. The van der Waals surface area contributed by atoms with Crippen LogP contribution in [0.3, 0.4) is 0 Å². The highest BCUT2D eigenvalue weighted by Crippen LogP contribution is 2.25. The van der Waals surface area contributed by atoms with Gasteiger partial charge in [0.2, 0.25) is 0 Å². The van der Waals surface area contributed by atoms with Gasteiger partial charge in [-0.2, -0.15) is 11.3 Å². The Morgan fingerprint density at radius 2 is 1.81 bits per heavy atom. The maximum Gasteiger partial charge on any atom is 0.258 e. The van der Waals surface area contributed by atoms with Crippen molar-refractivity contribution in [2.45, 2.75) is 31.7 Å². The van der Waals surface area contributed by atoms with Crippen LogP contribution in [0.2, 0.25) is 0 Å². The first-order valence-corrected chi connectivity index (χ1v) is 10.5. The van der Waals surface area contributed by atoms with Crippen LogP contribution in [0.1, 0.15) is 37.3 Å². The van der Waals surface area contributed by atoms with Crippen molar-refractivity contribution in [3.63, 3.8) is 0 Å². The van der Waals surface area contributed by atoms with E-state index < -0.39 is 0 Å². The Morgan fingerprint density at radius 1 is 1.11 bits per heavy atom. The summed E-state index contributed by atoms with van der Waals surface area (Å²) in [5.74, 6) is 1.33. The number of methoxy groups -OCH3 is 1. The number of carbonyl (C=O) groups excluding carboxylic acids is 1. The summed E-state index contributed by atoms with van der Waals surface area (Å²) in [6, 6.07) is 9.65. The van der Waals surface area contributed by atoms with Gasteiger partial charge in [0.15, 0.2) is 6.61 Å². The van der Waals surface area contributed by atoms with Gasteiger partial charge in [0.1, 0.15) is 11.5 Å². The van der Waals surface area contributed by atoms with Crippen LogP contribution in [0.4, 0.5) is 0 Å². The second-order valence-electron chi connectivity index (χ2n) is 6.79. The molecule has 1 N–H and O–H groups in total. The number of nitrogens with zero attached hydrogens (tertiary/aromatic N) is 1. The van der Waals surface area contributed by atoms with Crippen LogP contribution in [0, 0.1) is 0 Å². The molecule has 0 spiro atoms. The number of benzene rings is 1. The average molecular weight is 389 g/mol. The predicted octanol–water partition coefficient (Wildman–Crippen LogP) is 3.87. The fourth-order valence-electron chi connectivity index (χ4n) is 3.41. The molecule has 1 saturated heterocycles. The first-order valence-electron chi connectivity index (χ1n) is 9.56. The van der Waals surface area contributed by atoms with Crippen molar-refractivity contribution in [3.8, 4) is 11.5 Å². The molecular formula is C21H28N2O3S. The Balaban J connectivity index is 1.52. The van der Waals surface area contributed by atoms with E-state index in [0.717, 1.165) is 18.8 Å². The van der Waals surface area contributed by atoms with Crippen molar-refractivity contribution in [3.05, 3.63) is 46.7 Å². The van der Waals surface area contributed by atoms with E-state index >= 15 is 0 Å². The summed E-state index contributed by atoms with van der Waals surface area (Å²) in [7, 11) is 1.62. The normalized spacial score (nSPS) is 16.3. The summed E-state index contributed by atoms with van der Waals surface area (Å²) in [6.07, 6.45) is 5.06. The number of amides is 1. The number of nitrogens with one attached hydrogen (secondary N) is 1. The topological polar surface area (TPSA) is 50.8 Å². The molecule has 0 bridgehead atoms. The molecule has 2 aromatic rings. The van der Waals surface area contributed by atoms with Crippen molar-refractivity contribution >= 4 is 17.2 Å². The van der Waals surface area contributed by atoms with Crippen LogP contribution < -0.4 is 14.8 Å². The molecule has 1 aliphatic heterocycles. The molecule has 1 amide bonds. The number of carbonyl (C=O) groups is 1. The summed E-state index contributed by atoms with van der Waals surface area (Å²) in [4.78, 5) is 14.8. The predicted molar refractivity (Wildman–Crippen MR) is 109 cm³/mol. The summed E-state index contributed by atoms with van der Waals surface area (Å²) in [5, 5.41) is 7.35. The van der Waals surface area contributed by atoms with Gasteiger partial charge in [-0.15, -0.1) is 0 Å². The first kappa shape index (κ1) is 19.7. The SMILES string of the molecule is COc1ccc(OCC(=O)NCC(c2ccsc2)N2CCCCCC2)cc1. The maximum absolute atomic E-state index is 12.3. The van der Waals surface area contributed by atoms with Crippen molar-refractivity contribution in [2.75, 3.05) is 33.4 Å². The molecule has 1 unspecified atom stereocenters. The minimum atomic E-state index is -0.0964. The lowest BCUT2D eigenvalue weighted by atomic mass is 10.1. The van der Waals surface area contributed by atoms with Gasteiger partial charge in [0.25, 0.3) is 5.91 Å². The van der Waals surface area contributed by atoms with Gasteiger partial charge in [0.05, 0.1) is 13.2 Å². The lowest BCUT2D eigenvalue weighted by Crippen LogP contribution is -2.40. The minimum Gasteiger partial charge on any atom is -0.497 e. The lowest BCUT2D eigenvalue weighted by molar-refractivity contribution is -0.123. The zero-order chi connectivity index (χ0) is 18.9. The standard InChI is InChI=1S/C21H28N2O3S/c1-25-18-6-8-19(9-7-18)26-15-21(24)22-14-20(17-10-13-27-16-17)23-11-4-2-3-5-12-23/h6-10,13,16,20H,2-5,11-12,14-15H2,1H3,(H,22,24). The van der Waals surface area contributed by atoms with E-state index in [2.05, 4.69) is 27.0 Å². The molecule has 0 radical (unpaired) electrons. The number of hydrogen-bond acceptors (Lipinski definition) is 5. The Hall–Kier alpha value is -2.05. The molecule has 27 heavy (non-hydrogen) atoms. The number of likely N-dealkylation sites (tertiary alicyclic amines) is 1. The largest absolute Gasteiger partial charge is 0.497 e. The van der Waals surface area contributed by atoms with E-state index in [-0.39, 0.29) is 18.6 Å². The van der Waals surface area contributed by atoms with Gasteiger partial charge < -0.3 is 14.8 Å². The summed E-state index contributed by atoms with van der Waals surface area (Å²) < 4.78 is 10.7. The van der Waals surface area contributed by atoms with Gasteiger partial charge in [-0.25, -0.2) is 0 Å². The third-order valence-electron chi connectivity index (χ3n) is 4.93. The Morgan fingerprint density at radius 3 is 2.44 bits per heavy atom. The Kier molecular flexibility index (Phi) is 7.54. The van der Waals surface area contributed by atoms with Crippen molar-refractivity contribution in [2.24, 2.45) is 0 Å². The molecule has 146 valence electrons. The molecule has 0 saturated carbocycles. The minimum absolute atomic E-state index is 0.0166. The maximum atomic E-state index is 12.3. The van der Waals surface area contributed by atoms with E-state index in [1.807, 2.05) is 12.1 Å². The zero-order valence-electron chi connectivity index (χ0n) is 15.9. The van der Waals surface area contributed by atoms with Gasteiger partial charge in [0, 0.05) is 6.54 Å². The molecule has 1 aliphatic rings. The van der Waals surface area contributed by atoms with Crippen LogP contribution in [0.25, 0.3) is 0 Å². The molecule has 1 aromatic heterocycles. The van der Waals surface area contributed by atoms with Crippen LogP contribution in [-0.2, 0) is 4.79 Å². The summed E-state index contributed by atoms with van der Waals surface area (Å²) in [5.41, 5.74) is 1.29. The van der Waals surface area contributed by atoms with Gasteiger partial charge in [-0.3, -0.25) is 9.69 Å². The monoisotopic (exact) mass is 388 g/mol. The number of ether oxygens (including phenoxy) is 2. The number of hydrogen-bond donors (Lipinski definition) is 1. The molecule has 1 atom stereocenters. The summed E-state index contributed by atoms with van der Waals surface area (Å²) >= 11 is 1.71. The highest BCUT2D eigenvalue weighted by molar-refractivity contribution is 7.07. The summed E-state index contributed by atoms with van der Waals surface area (Å²) in [6.45, 7) is 2.82. The molecule has 3 rings (SSSR count). The van der Waals surface area contributed by atoms with E-state index in [9.17, 15) is 4.79 Å². The molecule has 1 aromatic carbocycles. The Labute approximate surface area is 165 Å². The molecular weight excluding hydrogens is 360 g/mol. The van der Waals surface area contributed by atoms with Crippen molar-refractivity contribution in [1.29, 1.82) is 0 Å². The van der Waals surface area contributed by atoms with Crippen LogP contribution in [0.15, 0.2) is 41.1 Å². The molecule has 5 nitrogen and oxygen atoms in total. The third-order valence-corrected chi connectivity index (χ3v) is 5.63. The molecule has 0 aliphatic carbocycles. The Bertz CT molecular complexity index is 680. The fraction of sp³-hybridized carbons (Fsp3) is 0.476. The van der Waals surface area contributed by atoms with Crippen LogP contribution in [0.5, 0.6) is 11.5 Å². The fourth-order valence-corrected chi connectivity index (χ4v) is 4.12. The van der Waals surface area contributed by atoms with E-state index in [0.29, 0.717) is 12.3 Å². The highest BCUT2D eigenvalue weighted by atomic mass is 32.1. The average Bonchev–Trinajstić information content (AvgIpc) is 3.10. The van der Waals surface area contributed by atoms with Crippen molar-refractivity contribution in [1.82, 2.24) is 10.2 Å². The van der Waals surface area contributed by atoms with Crippen molar-refractivity contribution < 1.29 is 14.3 Å². The second kappa shape index (κ2) is 10.3. The van der Waals surface area contributed by atoms with E-state index in [4.69, 9.17) is 9.47 Å². The molecule has 2 heterocycles. The quantitative estimate of drug-likeness (QED) is 0.746. The zero-order valence-corrected chi connectivity index (χ0v) is 16.7. The second-order valence-corrected chi connectivity index (χ2v) is 7.57. The van der Waals surface area contributed by atoms with E-state index in [1.165, 1.54) is 31.2 Å². The van der Waals surface area contributed by atoms with Gasteiger partial charge in [-0.1, -0.05) is 12.8 Å². The lowest BCUT2D eigenvalue weighted by Gasteiger charge is -2.30. The van der Waals surface area contributed by atoms with Gasteiger partial charge >= 0.3 is 0 Å². The van der Waals surface area contributed by atoms with Gasteiger partial charge in [-0.05, 0) is 72.6 Å². The van der Waals surface area contributed by atoms with Crippen LogP contribution >= 0.6 is 11.3 Å². The van der Waals surface area contributed by atoms with Crippen LogP contribution in [-0.4, -0.2) is 44.2 Å². The molecule has 6 heteroatoms. The third kappa shape index (κ3) is 5.97. The first-order chi connectivity index (χ1) is 13.3. The smallest absolute Gasteiger partial charge is 0.258 e. The highest BCUT2D eigenvalue weighted by Gasteiger charge is 2.22. The molecule has 1 fully saturated rings. The number of thiophene rings is 1. The van der Waals surface area contributed by atoms with E-state index in [1.54, 1.807) is 30.6 Å².